The molecule has 0 unspecified atom stereocenters. The minimum Gasteiger partial charge on any atom is -0.494 e. The Morgan fingerprint density at radius 1 is 0.545 bits per heavy atom. The smallest absolute Gasteiger partial charge is 0.347 e. The molecule has 2 aromatic rings. The molecule has 0 spiro atoms. The fourth-order valence-electron chi connectivity index (χ4n) is 4.12. The summed E-state index contributed by atoms with van der Waals surface area (Å²) in [5, 5.41) is 0. The molecule has 0 amide bonds. The van der Waals surface area contributed by atoms with Crippen LogP contribution in [-0.4, -0.2) is 30.5 Å². The van der Waals surface area contributed by atoms with E-state index in [0.29, 0.717) is 29.0 Å². The lowest BCUT2D eigenvalue weighted by molar-refractivity contribution is 0.0425. The number of hydrogen-bond donors (Lipinski definition) is 0. The van der Waals surface area contributed by atoms with Gasteiger partial charge in [0.15, 0.2) is 0 Å². The number of carbonyl (C=O) groups excluding carboxylic acids is 4. The Hall–Kier alpha value is -3.48. The molecule has 33 heavy (non-hydrogen) atoms. The molecule has 0 N–H and O–H groups in total. The Bertz CT molecular complexity index is 1000. The molecule has 2 heterocycles. The molecule has 4 rings (SSSR count). The summed E-state index contributed by atoms with van der Waals surface area (Å²) in [4.78, 5) is 46.1. The van der Waals surface area contributed by atoms with Crippen LogP contribution in [0.5, 0.6) is 5.75 Å². The van der Waals surface area contributed by atoms with E-state index in [1.54, 1.807) is 30.3 Å². The summed E-state index contributed by atoms with van der Waals surface area (Å²) in [6.45, 7) is 0.571. The Kier molecular flexibility index (Phi) is 7.17. The fourth-order valence-corrected chi connectivity index (χ4v) is 4.12. The van der Waals surface area contributed by atoms with Gasteiger partial charge in [-0.3, -0.25) is 0 Å². The summed E-state index contributed by atoms with van der Waals surface area (Å²) < 4.78 is 14.9. The van der Waals surface area contributed by atoms with Crippen molar-refractivity contribution in [1.29, 1.82) is 0 Å². The number of aryl methyl sites for hydroxylation is 1. The van der Waals surface area contributed by atoms with Gasteiger partial charge in [0.05, 0.1) is 28.9 Å². The predicted octanol–water partition coefficient (Wildman–Crippen LogP) is 5.05. The zero-order valence-electron chi connectivity index (χ0n) is 18.4. The van der Waals surface area contributed by atoms with Gasteiger partial charge in [0, 0.05) is 0 Å². The lowest BCUT2D eigenvalue weighted by Crippen LogP contribution is -1.99. The van der Waals surface area contributed by atoms with E-state index in [1.807, 2.05) is 6.07 Å². The maximum atomic E-state index is 11.6. The lowest BCUT2D eigenvalue weighted by atomic mass is 10.0. The van der Waals surface area contributed by atoms with Crippen molar-refractivity contribution in [2.24, 2.45) is 0 Å². The van der Waals surface area contributed by atoms with Crippen LogP contribution in [-0.2, 0) is 15.9 Å². The van der Waals surface area contributed by atoms with Gasteiger partial charge in [-0.25, -0.2) is 19.2 Å². The number of cyclic esters (lactones) is 4. The van der Waals surface area contributed by atoms with Gasteiger partial charge in [0.1, 0.15) is 5.75 Å². The average molecular weight is 450 g/mol. The van der Waals surface area contributed by atoms with E-state index in [-0.39, 0.29) is 5.56 Å². The van der Waals surface area contributed by atoms with Gasteiger partial charge in [-0.05, 0) is 55.2 Å². The highest BCUT2D eigenvalue weighted by Crippen LogP contribution is 2.25. The molecule has 0 aromatic heterocycles. The zero-order chi connectivity index (χ0) is 23.2. The quantitative estimate of drug-likeness (QED) is 0.254. The molecule has 2 aliphatic heterocycles. The maximum absolute atomic E-state index is 11.6. The molecule has 0 bridgehead atoms. The Labute approximate surface area is 192 Å². The van der Waals surface area contributed by atoms with Gasteiger partial charge in [-0.2, -0.15) is 0 Å². The summed E-state index contributed by atoms with van der Waals surface area (Å²) in [5.74, 6) is -1.74. The monoisotopic (exact) mass is 450 g/mol. The number of hydrogen-bond acceptors (Lipinski definition) is 7. The van der Waals surface area contributed by atoms with E-state index >= 15 is 0 Å². The summed E-state index contributed by atoms with van der Waals surface area (Å²) >= 11 is 0. The summed E-state index contributed by atoms with van der Waals surface area (Å²) in [5.41, 5.74) is 2.37. The highest BCUT2D eigenvalue weighted by atomic mass is 16.6. The standard InChI is InChI=1S/C26H26O7/c27-23-19-12-10-17(15-21(19)25(29)32-23)9-7-5-3-1-2-4-6-8-14-31-18-11-13-20-22(16-18)26(30)33-24(20)28/h10-13,15-16H,1-9,14H2. The van der Waals surface area contributed by atoms with Crippen molar-refractivity contribution >= 4 is 23.9 Å². The number of fused-ring (bicyclic) bond motifs is 2. The van der Waals surface area contributed by atoms with Gasteiger partial charge in [-0.15, -0.1) is 0 Å². The van der Waals surface area contributed by atoms with Crippen LogP contribution in [0, 0.1) is 0 Å². The number of carbonyl (C=O) groups is 4. The second-order valence-electron chi connectivity index (χ2n) is 8.37. The third-order valence-electron chi connectivity index (χ3n) is 5.95. The van der Waals surface area contributed by atoms with Gasteiger partial charge in [0.25, 0.3) is 0 Å². The number of rotatable bonds is 12. The highest BCUT2D eigenvalue weighted by Gasteiger charge is 2.30. The van der Waals surface area contributed by atoms with Crippen LogP contribution in [0.4, 0.5) is 0 Å². The molecular formula is C26H26O7. The van der Waals surface area contributed by atoms with Gasteiger partial charge < -0.3 is 14.2 Å². The first-order chi connectivity index (χ1) is 16.0. The molecule has 0 atom stereocenters. The van der Waals surface area contributed by atoms with E-state index < -0.39 is 23.9 Å². The number of unbranched alkanes of at least 4 members (excludes halogenated alkanes) is 7. The number of ether oxygens (including phenoxy) is 3. The lowest BCUT2D eigenvalue weighted by Gasteiger charge is -2.07. The zero-order valence-corrected chi connectivity index (χ0v) is 18.4. The van der Waals surface area contributed by atoms with E-state index in [1.165, 1.54) is 19.3 Å². The van der Waals surface area contributed by atoms with Crippen molar-refractivity contribution in [1.82, 2.24) is 0 Å². The van der Waals surface area contributed by atoms with E-state index in [4.69, 9.17) is 4.74 Å². The molecule has 0 fully saturated rings. The average Bonchev–Trinajstić information content (AvgIpc) is 3.25. The third kappa shape index (κ3) is 5.48. The predicted molar refractivity (Wildman–Crippen MR) is 119 cm³/mol. The largest absolute Gasteiger partial charge is 0.494 e. The summed E-state index contributed by atoms with van der Waals surface area (Å²) in [6.07, 6.45) is 9.77. The second kappa shape index (κ2) is 10.4. The molecule has 2 aliphatic rings. The van der Waals surface area contributed by atoms with Gasteiger partial charge in [0.2, 0.25) is 0 Å². The van der Waals surface area contributed by atoms with Crippen molar-refractivity contribution < 1.29 is 33.4 Å². The van der Waals surface area contributed by atoms with Crippen molar-refractivity contribution in [2.45, 2.75) is 57.8 Å². The SMILES string of the molecule is O=C1OC(=O)c2cc(CCCCCCCCCCOc3ccc4c(c3)C(=O)OC4=O)ccc21. The van der Waals surface area contributed by atoms with Gasteiger partial charge >= 0.3 is 23.9 Å². The van der Waals surface area contributed by atoms with E-state index in [9.17, 15) is 19.2 Å². The number of benzene rings is 2. The van der Waals surface area contributed by atoms with Crippen LogP contribution in [0.25, 0.3) is 0 Å². The molecular weight excluding hydrogens is 424 g/mol. The van der Waals surface area contributed by atoms with Crippen molar-refractivity contribution in [3.63, 3.8) is 0 Å². The fraction of sp³-hybridized carbons (Fsp3) is 0.385. The van der Waals surface area contributed by atoms with Crippen molar-refractivity contribution in [3.05, 3.63) is 64.2 Å². The number of esters is 4. The Balaban J connectivity index is 1.03. The highest BCUT2D eigenvalue weighted by molar-refractivity contribution is 6.15. The second-order valence-corrected chi connectivity index (χ2v) is 8.37. The molecule has 0 saturated heterocycles. The normalized spacial score (nSPS) is 14.2. The first-order valence-corrected chi connectivity index (χ1v) is 11.5. The minimum atomic E-state index is -0.617. The van der Waals surface area contributed by atoms with Crippen LogP contribution in [0.1, 0.15) is 98.4 Å². The van der Waals surface area contributed by atoms with E-state index in [2.05, 4.69) is 9.47 Å². The first-order valence-electron chi connectivity index (χ1n) is 11.5. The van der Waals surface area contributed by atoms with Crippen LogP contribution in [0.3, 0.4) is 0 Å². The molecule has 2 aromatic carbocycles. The molecule has 172 valence electrons. The first kappa shape index (κ1) is 22.7. The molecule has 0 aliphatic carbocycles. The van der Waals surface area contributed by atoms with Gasteiger partial charge in [-0.1, -0.05) is 44.6 Å². The Morgan fingerprint density at radius 2 is 1.06 bits per heavy atom. The molecule has 0 saturated carbocycles. The van der Waals surface area contributed by atoms with E-state index in [0.717, 1.165) is 44.1 Å². The topological polar surface area (TPSA) is 96.0 Å². The molecule has 0 radical (unpaired) electrons. The Morgan fingerprint density at radius 3 is 1.73 bits per heavy atom. The van der Waals surface area contributed by atoms with Crippen molar-refractivity contribution in [2.75, 3.05) is 6.61 Å². The molecule has 7 nitrogen and oxygen atoms in total. The van der Waals surface area contributed by atoms with Crippen molar-refractivity contribution in [3.8, 4) is 5.75 Å². The van der Waals surface area contributed by atoms with Crippen LogP contribution in [0.2, 0.25) is 0 Å². The maximum Gasteiger partial charge on any atom is 0.347 e. The third-order valence-corrected chi connectivity index (χ3v) is 5.95. The minimum absolute atomic E-state index is 0.270. The molecule has 7 heteroatoms. The van der Waals surface area contributed by atoms with Crippen LogP contribution in [0.15, 0.2) is 36.4 Å². The van der Waals surface area contributed by atoms with Crippen LogP contribution < -0.4 is 4.74 Å². The summed E-state index contributed by atoms with van der Waals surface area (Å²) in [7, 11) is 0. The summed E-state index contributed by atoms with van der Waals surface area (Å²) in [6, 6.07) is 10.2. The van der Waals surface area contributed by atoms with Crippen LogP contribution >= 0.6 is 0 Å².